The molecule has 2 heterocycles. The standard InChI is InChI=1S/C18H18F2N2O3S/c1-11(23)21-9-13-3-5-17(26-13)18(24)22-6-7-25-16(10-22)14-4-2-12(19)8-15(14)20/h2-5,8,16H,6-7,9-10H2,1H3,(H,21,23). The van der Waals surface area contributed by atoms with Gasteiger partial charge >= 0.3 is 0 Å². The van der Waals surface area contributed by atoms with Gasteiger partial charge in [0, 0.05) is 30.0 Å². The van der Waals surface area contributed by atoms with E-state index in [4.69, 9.17) is 4.74 Å². The Morgan fingerprint density at radius 1 is 1.31 bits per heavy atom. The fourth-order valence-corrected chi connectivity index (χ4v) is 3.66. The van der Waals surface area contributed by atoms with Crippen molar-refractivity contribution in [1.29, 1.82) is 0 Å². The van der Waals surface area contributed by atoms with Crippen molar-refractivity contribution >= 4 is 23.2 Å². The van der Waals surface area contributed by atoms with Gasteiger partial charge in [-0.05, 0) is 18.2 Å². The molecule has 0 aliphatic carbocycles. The van der Waals surface area contributed by atoms with Crippen LogP contribution in [-0.4, -0.2) is 36.4 Å². The van der Waals surface area contributed by atoms with Crippen LogP contribution in [0.25, 0.3) is 0 Å². The number of hydrogen-bond donors (Lipinski definition) is 1. The number of halogens is 2. The van der Waals surface area contributed by atoms with Gasteiger partial charge in [0.1, 0.15) is 17.7 Å². The number of hydrogen-bond acceptors (Lipinski definition) is 4. The molecule has 1 aliphatic rings. The Morgan fingerprint density at radius 2 is 2.12 bits per heavy atom. The van der Waals surface area contributed by atoms with Crippen LogP contribution >= 0.6 is 11.3 Å². The molecule has 2 aromatic rings. The Kier molecular flexibility index (Phi) is 5.63. The highest BCUT2D eigenvalue weighted by Crippen LogP contribution is 2.27. The SMILES string of the molecule is CC(=O)NCc1ccc(C(=O)N2CCOC(c3ccc(F)cc3F)C2)s1. The minimum absolute atomic E-state index is 0.136. The predicted octanol–water partition coefficient (Wildman–Crippen LogP) is 2.88. The zero-order chi connectivity index (χ0) is 18.7. The fourth-order valence-electron chi connectivity index (χ4n) is 2.74. The van der Waals surface area contributed by atoms with Gasteiger partial charge in [0.2, 0.25) is 5.91 Å². The van der Waals surface area contributed by atoms with Gasteiger partial charge in [-0.3, -0.25) is 9.59 Å². The van der Waals surface area contributed by atoms with Crippen molar-refractivity contribution < 1.29 is 23.1 Å². The third-order valence-corrected chi connectivity index (χ3v) is 5.12. The lowest BCUT2D eigenvalue weighted by molar-refractivity contribution is -0.119. The maximum absolute atomic E-state index is 14.0. The summed E-state index contributed by atoms with van der Waals surface area (Å²) in [6.07, 6.45) is -0.632. The van der Waals surface area contributed by atoms with Gasteiger partial charge in [-0.25, -0.2) is 8.78 Å². The van der Waals surface area contributed by atoms with E-state index < -0.39 is 17.7 Å². The number of nitrogens with one attached hydrogen (secondary N) is 1. The van der Waals surface area contributed by atoms with Gasteiger partial charge in [0.05, 0.1) is 24.6 Å². The summed E-state index contributed by atoms with van der Waals surface area (Å²) < 4.78 is 32.6. The van der Waals surface area contributed by atoms with E-state index in [0.29, 0.717) is 18.0 Å². The lowest BCUT2D eigenvalue weighted by Crippen LogP contribution is -2.42. The first-order chi connectivity index (χ1) is 12.4. The largest absolute Gasteiger partial charge is 0.370 e. The van der Waals surface area contributed by atoms with Crippen LogP contribution in [-0.2, 0) is 16.1 Å². The fraction of sp³-hybridized carbons (Fsp3) is 0.333. The van der Waals surface area contributed by atoms with E-state index in [1.165, 1.54) is 30.4 Å². The maximum Gasteiger partial charge on any atom is 0.264 e. The Hall–Kier alpha value is -2.32. The Balaban J connectivity index is 1.69. The van der Waals surface area contributed by atoms with E-state index in [2.05, 4.69) is 5.32 Å². The number of carbonyl (C=O) groups is 2. The maximum atomic E-state index is 14.0. The van der Waals surface area contributed by atoms with E-state index in [-0.39, 0.29) is 30.5 Å². The van der Waals surface area contributed by atoms with Crippen LogP contribution in [0, 0.1) is 11.6 Å². The monoisotopic (exact) mass is 380 g/mol. The van der Waals surface area contributed by atoms with E-state index in [9.17, 15) is 18.4 Å². The summed E-state index contributed by atoms with van der Waals surface area (Å²) in [4.78, 5) is 26.7. The average molecular weight is 380 g/mol. The molecule has 1 unspecified atom stereocenters. The van der Waals surface area contributed by atoms with Crippen molar-refractivity contribution in [1.82, 2.24) is 10.2 Å². The summed E-state index contributed by atoms with van der Waals surface area (Å²) in [6.45, 7) is 2.68. The second-order valence-corrected chi connectivity index (χ2v) is 7.12. The molecule has 1 atom stereocenters. The molecule has 1 saturated heterocycles. The number of morpholine rings is 1. The second kappa shape index (κ2) is 7.92. The first kappa shape index (κ1) is 18.5. The molecule has 1 aromatic carbocycles. The molecule has 1 fully saturated rings. The van der Waals surface area contributed by atoms with Crippen molar-refractivity contribution in [3.8, 4) is 0 Å². The zero-order valence-electron chi connectivity index (χ0n) is 14.1. The molecule has 0 spiro atoms. The first-order valence-electron chi connectivity index (χ1n) is 8.13. The third-order valence-electron chi connectivity index (χ3n) is 4.05. The number of rotatable bonds is 4. The number of carbonyl (C=O) groups excluding carboxylic acids is 2. The molecule has 1 aliphatic heterocycles. The molecule has 1 N–H and O–H groups in total. The van der Waals surface area contributed by atoms with E-state index in [0.717, 1.165) is 10.9 Å². The summed E-state index contributed by atoms with van der Waals surface area (Å²) >= 11 is 1.31. The molecule has 26 heavy (non-hydrogen) atoms. The lowest BCUT2D eigenvalue weighted by atomic mass is 10.1. The Labute approximate surface area is 153 Å². The lowest BCUT2D eigenvalue weighted by Gasteiger charge is -2.33. The highest BCUT2D eigenvalue weighted by Gasteiger charge is 2.28. The first-order valence-corrected chi connectivity index (χ1v) is 8.94. The average Bonchev–Trinajstić information content (AvgIpc) is 3.08. The normalized spacial score (nSPS) is 17.2. The van der Waals surface area contributed by atoms with Gasteiger partial charge in [0.25, 0.3) is 5.91 Å². The summed E-state index contributed by atoms with van der Waals surface area (Å²) in [5, 5.41) is 2.69. The summed E-state index contributed by atoms with van der Waals surface area (Å²) in [7, 11) is 0. The molecule has 0 radical (unpaired) electrons. The topological polar surface area (TPSA) is 58.6 Å². The van der Waals surface area contributed by atoms with Crippen LogP contribution in [0.5, 0.6) is 0 Å². The molecule has 5 nitrogen and oxygen atoms in total. The van der Waals surface area contributed by atoms with Crippen molar-refractivity contribution in [2.75, 3.05) is 19.7 Å². The highest BCUT2D eigenvalue weighted by atomic mass is 32.1. The molecular formula is C18H18F2N2O3S. The number of thiophene rings is 1. The number of benzene rings is 1. The molecular weight excluding hydrogens is 362 g/mol. The zero-order valence-corrected chi connectivity index (χ0v) is 14.9. The number of amides is 2. The minimum atomic E-state index is -0.682. The van der Waals surface area contributed by atoms with Gasteiger partial charge in [-0.2, -0.15) is 0 Å². The van der Waals surface area contributed by atoms with Crippen LogP contribution in [0.3, 0.4) is 0 Å². The molecule has 1 aromatic heterocycles. The van der Waals surface area contributed by atoms with Crippen molar-refractivity contribution in [2.45, 2.75) is 19.6 Å². The van der Waals surface area contributed by atoms with Crippen LogP contribution in [0.15, 0.2) is 30.3 Å². The molecule has 0 saturated carbocycles. The molecule has 8 heteroatoms. The van der Waals surface area contributed by atoms with E-state index in [1.807, 2.05) is 0 Å². The van der Waals surface area contributed by atoms with Gasteiger partial charge in [-0.15, -0.1) is 11.3 Å². The second-order valence-electron chi connectivity index (χ2n) is 5.95. The van der Waals surface area contributed by atoms with E-state index in [1.54, 1.807) is 17.0 Å². The quantitative estimate of drug-likeness (QED) is 0.887. The van der Waals surface area contributed by atoms with Crippen molar-refractivity contribution in [3.63, 3.8) is 0 Å². The Bertz CT molecular complexity index is 825. The van der Waals surface area contributed by atoms with Gasteiger partial charge < -0.3 is 15.0 Å². The van der Waals surface area contributed by atoms with Crippen LogP contribution in [0.2, 0.25) is 0 Å². The van der Waals surface area contributed by atoms with Crippen molar-refractivity contribution in [3.05, 3.63) is 57.3 Å². The molecule has 3 rings (SSSR count). The number of ether oxygens (including phenoxy) is 1. The highest BCUT2D eigenvalue weighted by molar-refractivity contribution is 7.14. The minimum Gasteiger partial charge on any atom is -0.370 e. The summed E-state index contributed by atoms with van der Waals surface area (Å²) in [5.41, 5.74) is 0.237. The van der Waals surface area contributed by atoms with E-state index >= 15 is 0 Å². The third kappa shape index (κ3) is 4.25. The van der Waals surface area contributed by atoms with Crippen LogP contribution in [0.4, 0.5) is 8.78 Å². The summed E-state index contributed by atoms with van der Waals surface area (Å²) in [5.74, 6) is -1.64. The summed E-state index contributed by atoms with van der Waals surface area (Å²) in [6, 6.07) is 6.85. The van der Waals surface area contributed by atoms with Crippen LogP contribution in [0.1, 0.15) is 33.1 Å². The molecule has 2 amide bonds. The van der Waals surface area contributed by atoms with Gasteiger partial charge in [-0.1, -0.05) is 6.07 Å². The van der Waals surface area contributed by atoms with Gasteiger partial charge in [0.15, 0.2) is 0 Å². The molecule has 0 bridgehead atoms. The van der Waals surface area contributed by atoms with Crippen molar-refractivity contribution in [2.24, 2.45) is 0 Å². The molecule has 138 valence electrons. The Morgan fingerprint density at radius 3 is 2.85 bits per heavy atom. The van der Waals surface area contributed by atoms with Crippen LogP contribution < -0.4 is 5.32 Å². The number of nitrogens with zero attached hydrogens (tertiary/aromatic N) is 1. The smallest absolute Gasteiger partial charge is 0.264 e. The predicted molar refractivity (Wildman–Crippen MR) is 92.8 cm³/mol.